The summed E-state index contributed by atoms with van der Waals surface area (Å²) >= 11 is 0. The molecule has 156 valence electrons. The van der Waals surface area contributed by atoms with E-state index in [1.165, 1.54) is 18.9 Å². The van der Waals surface area contributed by atoms with Crippen LogP contribution in [-0.4, -0.2) is 57.4 Å². The number of rotatable bonds is 3. The maximum atomic E-state index is 11.7. The Labute approximate surface area is 175 Å². The molecule has 2 saturated heterocycles. The second-order valence-corrected chi connectivity index (χ2v) is 7.57. The number of hydrogen-bond acceptors (Lipinski definition) is 5. The molecule has 0 saturated carbocycles. The van der Waals surface area contributed by atoms with Crippen LogP contribution in [0.4, 0.5) is 0 Å². The van der Waals surface area contributed by atoms with Crippen molar-refractivity contribution in [2.45, 2.75) is 25.2 Å². The molecule has 1 unspecified atom stereocenters. The summed E-state index contributed by atoms with van der Waals surface area (Å²) < 4.78 is 4.94. The summed E-state index contributed by atoms with van der Waals surface area (Å²) in [5.41, 5.74) is 3.05. The molecule has 2 aromatic heterocycles. The van der Waals surface area contributed by atoms with Crippen LogP contribution >= 0.6 is 0 Å². The molecule has 7 nitrogen and oxygen atoms in total. The molecule has 7 heteroatoms. The number of nitrogens with zero attached hydrogens (tertiary/aromatic N) is 3. The Morgan fingerprint density at radius 1 is 1.23 bits per heavy atom. The Morgan fingerprint density at radius 2 is 2.03 bits per heavy atom. The maximum Gasteiger partial charge on any atom is 0.245 e. The number of carbonyl (C=O) groups is 1. The number of benzene rings is 1. The topological polar surface area (TPSA) is 91.3 Å². The van der Waals surface area contributed by atoms with E-state index in [1.54, 1.807) is 12.1 Å². The summed E-state index contributed by atoms with van der Waals surface area (Å²) in [5, 5.41) is 19.4. The molecule has 30 heavy (non-hydrogen) atoms. The predicted octanol–water partition coefficient (Wildman–Crippen LogP) is 3.63. The number of amides is 1. The molecule has 2 N–H and O–H groups in total. The summed E-state index contributed by atoms with van der Waals surface area (Å²) in [7, 11) is 0. The van der Waals surface area contributed by atoms with E-state index in [4.69, 9.17) is 4.74 Å². The molecule has 2 aliphatic rings. The Balaban J connectivity index is 0.000000383. The highest BCUT2D eigenvalue weighted by Crippen LogP contribution is 2.31. The summed E-state index contributed by atoms with van der Waals surface area (Å²) in [6, 6.07) is 11.0. The lowest BCUT2D eigenvalue weighted by molar-refractivity contribution is -0.125. The quantitative estimate of drug-likeness (QED) is 0.648. The number of aromatic nitrogens is 3. The van der Waals surface area contributed by atoms with Gasteiger partial charge in [0, 0.05) is 48.9 Å². The van der Waals surface area contributed by atoms with Crippen molar-refractivity contribution in [1.82, 2.24) is 20.1 Å². The summed E-state index contributed by atoms with van der Waals surface area (Å²) in [4.78, 5) is 16.9. The molecule has 1 amide bonds. The van der Waals surface area contributed by atoms with Crippen LogP contribution in [0.5, 0.6) is 5.75 Å². The van der Waals surface area contributed by atoms with Crippen LogP contribution in [-0.2, 0) is 9.53 Å². The second kappa shape index (κ2) is 9.09. The minimum absolute atomic E-state index is 0.0276. The van der Waals surface area contributed by atoms with Crippen LogP contribution in [0, 0.1) is 0 Å². The first-order chi connectivity index (χ1) is 14.7. The zero-order chi connectivity index (χ0) is 20.9. The number of hydrogen-bond donors (Lipinski definition) is 2. The van der Waals surface area contributed by atoms with E-state index in [9.17, 15) is 9.90 Å². The highest BCUT2D eigenvalue weighted by Gasteiger charge is 2.27. The molecule has 1 aromatic carbocycles. The molecule has 0 radical (unpaired) electrons. The number of phenols is 1. The SMILES string of the molecule is C1CCOC1.C=CC(=O)N1CCC(c2cc3cc(-c4ccccc4O)nnc3[nH]2)C1. The molecule has 1 atom stereocenters. The zero-order valence-corrected chi connectivity index (χ0v) is 16.9. The third-order valence-corrected chi connectivity index (χ3v) is 5.52. The van der Waals surface area contributed by atoms with E-state index in [1.807, 2.05) is 23.1 Å². The van der Waals surface area contributed by atoms with Gasteiger partial charge in [0.05, 0.1) is 5.69 Å². The van der Waals surface area contributed by atoms with Crippen LogP contribution < -0.4 is 0 Å². The average Bonchev–Trinajstić information content (AvgIpc) is 3.55. The number of para-hydroxylation sites is 1. The lowest BCUT2D eigenvalue weighted by atomic mass is 10.0. The summed E-state index contributed by atoms with van der Waals surface area (Å²) in [5.74, 6) is 0.410. The van der Waals surface area contributed by atoms with E-state index < -0.39 is 0 Å². The highest BCUT2D eigenvalue weighted by atomic mass is 16.5. The number of carbonyl (C=O) groups excluding carboxylic acids is 1. The van der Waals surface area contributed by atoms with Gasteiger partial charge in [-0.05, 0) is 49.6 Å². The Morgan fingerprint density at radius 3 is 2.73 bits per heavy atom. The van der Waals surface area contributed by atoms with Gasteiger partial charge in [-0.2, -0.15) is 0 Å². The van der Waals surface area contributed by atoms with Gasteiger partial charge < -0.3 is 19.7 Å². The standard InChI is InChI=1S/C19H18N4O2.C4H8O/c1-2-18(25)23-8-7-12(11-23)15-9-13-10-16(21-22-19(13)20-15)14-5-3-4-6-17(14)24;1-2-4-5-3-1/h2-6,9-10,12,24H,1,7-8,11H2,(H,20,22);1-4H2. The number of phenolic OH excluding ortho intramolecular Hbond substituents is 1. The number of ether oxygens (including phenoxy) is 1. The predicted molar refractivity (Wildman–Crippen MR) is 115 cm³/mol. The summed E-state index contributed by atoms with van der Waals surface area (Å²) in [6.45, 7) is 6.96. The van der Waals surface area contributed by atoms with Gasteiger partial charge in [-0.25, -0.2) is 0 Å². The third kappa shape index (κ3) is 4.36. The average molecular weight is 406 g/mol. The van der Waals surface area contributed by atoms with Crippen LogP contribution in [0.3, 0.4) is 0 Å². The number of aromatic hydroxyl groups is 1. The third-order valence-electron chi connectivity index (χ3n) is 5.52. The smallest absolute Gasteiger partial charge is 0.245 e. The summed E-state index contributed by atoms with van der Waals surface area (Å²) in [6.07, 6.45) is 4.82. The maximum absolute atomic E-state index is 11.7. The molecule has 0 aliphatic carbocycles. The minimum atomic E-state index is -0.0276. The largest absolute Gasteiger partial charge is 0.507 e. The second-order valence-electron chi connectivity index (χ2n) is 7.57. The van der Waals surface area contributed by atoms with E-state index >= 15 is 0 Å². The van der Waals surface area contributed by atoms with Crippen molar-refractivity contribution < 1.29 is 14.6 Å². The van der Waals surface area contributed by atoms with Crippen molar-refractivity contribution in [3.63, 3.8) is 0 Å². The van der Waals surface area contributed by atoms with Gasteiger partial charge >= 0.3 is 0 Å². The van der Waals surface area contributed by atoms with Gasteiger partial charge in [-0.1, -0.05) is 18.7 Å². The molecule has 4 heterocycles. The van der Waals surface area contributed by atoms with E-state index in [2.05, 4.69) is 27.8 Å². The van der Waals surface area contributed by atoms with Gasteiger partial charge in [0.1, 0.15) is 5.75 Å². The Kier molecular flexibility index (Phi) is 6.09. The fourth-order valence-electron chi connectivity index (χ4n) is 3.85. The Hall–Kier alpha value is -3.19. The highest BCUT2D eigenvalue weighted by molar-refractivity contribution is 5.87. The normalized spacial score (nSPS) is 18.3. The van der Waals surface area contributed by atoms with Gasteiger partial charge in [-0.3, -0.25) is 4.79 Å². The number of nitrogens with one attached hydrogen (secondary N) is 1. The van der Waals surface area contributed by atoms with Crippen LogP contribution in [0.25, 0.3) is 22.3 Å². The number of aromatic amines is 1. The first-order valence-corrected chi connectivity index (χ1v) is 10.3. The van der Waals surface area contributed by atoms with Gasteiger partial charge in [-0.15, -0.1) is 10.2 Å². The van der Waals surface area contributed by atoms with Crippen molar-refractivity contribution in [1.29, 1.82) is 0 Å². The number of fused-ring (bicyclic) bond motifs is 1. The van der Waals surface area contributed by atoms with Gasteiger partial charge in [0.15, 0.2) is 5.65 Å². The van der Waals surface area contributed by atoms with E-state index in [0.29, 0.717) is 23.4 Å². The van der Waals surface area contributed by atoms with Gasteiger partial charge in [0.25, 0.3) is 0 Å². The molecular formula is C23H26N4O3. The first-order valence-electron chi connectivity index (χ1n) is 10.3. The molecular weight excluding hydrogens is 380 g/mol. The molecule has 0 bridgehead atoms. The Bertz CT molecular complexity index is 1030. The van der Waals surface area contributed by atoms with Crippen LogP contribution in [0.2, 0.25) is 0 Å². The van der Waals surface area contributed by atoms with Crippen LogP contribution in [0.15, 0.2) is 49.1 Å². The fraction of sp³-hybridized carbons (Fsp3) is 0.348. The van der Waals surface area contributed by atoms with Crippen molar-refractivity contribution in [3.8, 4) is 17.0 Å². The van der Waals surface area contributed by atoms with Gasteiger partial charge in [0.2, 0.25) is 5.91 Å². The van der Waals surface area contributed by atoms with Crippen molar-refractivity contribution in [2.24, 2.45) is 0 Å². The molecule has 2 aliphatic heterocycles. The first kappa shape index (κ1) is 20.1. The number of likely N-dealkylation sites (tertiary alicyclic amines) is 1. The lowest BCUT2D eigenvalue weighted by Crippen LogP contribution is -2.26. The fourth-order valence-corrected chi connectivity index (χ4v) is 3.85. The van der Waals surface area contributed by atoms with E-state index in [0.717, 1.165) is 37.3 Å². The zero-order valence-electron chi connectivity index (χ0n) is 16.9. The molecule has 3 aromatic rings. The molecule has 5 rings (SSSR count). The number of H-pyrrole nitrogens is 1. The monoisotopic (exact) mass is 406 g/mol. The molecule has 2 fully saturated rings. The van der Waals surface area contributed by atoms with E-state index in [-0.39, 0.29) is 17.6 Å². The van der Waals surface area contributed by atoms with Crippen molar-refractivity contribution >= 4 is 16.9 Å². The molecule has 0 spiro atoms. The van der Waals surface area contributed by atoms with Crippen LogP contribution in [0.1, 0.15) is 30.9 Å². The minimum Gasteiger partial charge on any atom is -0.507 e. The van der Waals surface area contributed by atoms with Crippen molar-refractivity contribution in [2.75, 3.05) is 26.3 Å². The van der Waals surface area contributed by atoms with Crippen molar-refractivity contribution in [3.05, 3.63) is 54.7 Å². The lowest BCUT2D eigenvalue weighted by Gasteiger charge is -2.13.